The molecule has 1 aliphatic heterocycles. The minimum absolute atomic E-state index is 0.729. The molecule has 5 nitrogen and oxygen atoms in total. The lowest BCUT2D eigenvalue weighted by atomic mass is 10.1. The average Bonchev–Trinajstić information content (AvgIpc) is 2.99. The van der Waals surface area contributed by atoms with Gasteiger partial charge >= 0.3 is 0 Å². The van der Waals surface area contributed by atoms with Gasteiger partial charge in [0.15, 0.2) is 10.8 Å². The molecule has 6 heteroatoms. The smallest absolute Gasteiger partial charge is 0.162 e. The third-order valence-electron chi connectivity index (χ3n) is 4.63. The van der Waals surface area contributed by atoms with Crippen LogP contribution in [0.25, 0.3) is 10.8 Å². The van der Waals surface area contributed by atoms with Crippen LogP contribution in [0, 0.1) is 0 Å². The van der Waals surface area contributed by atoms with Crippen LogP contribution >= 0.6 is 11.3 Å². The highest BCUT2D eigenvalue weighted by atomic mass is 32.1. The number of nitrogens with zero attached hydrogens (tertiary/aromatic N) is 4. The van der Waals surface area contributed by atoms with E-state index in [1.807, 2.05) is 18.5 Å². The number of aromatic nitrogens is 3. The molecule has 3 aromatic heterocycles. The standard InChI is InChI=1S/C17H18N4OS/c1-2-16(22-7-1)17-19-12(10-23-17)8-20-6-5-15-14(9-20)18-11-21(15)13-3-4-13/h1-2,7,10-11,13H,3-6,8-9H2. The first-order valence-corrected chi connectivity index (χ1v) is 9.00. The van der Waals surface area contributed by atoms with E-state index < -0.39 is 0 Å². The van der Waals surface area contributed by atoms with Gasteiger partial charge < -0.3 is 8.98 Å². The quantitative estimate of drug-likeness (QED) is 0.736. The van der Waals surface area contributed by atoms with Crippen molar-refractivity contribution in [1.82, 2.24) is 19.4 Å². The highest BCUT2D eigenvalue weighted by Gasteiger charge is 2.29. The van der Waals surface area contributed by atoms with Crippen LogP contribution in [0.3, 0.4) is 0 Å². The van der Waals surface area contributed by atoms with Crippen LogP contribution in [0.15, 0.2) is 34.5 Å². The number of fused-ring (bicyclic) bond motifs is 1. The van der Waals surface area contributed by atoms with Gasteiger partial charge in [0.25, 0.3) is 0 Å². The molecular formula is C17H18N4OS. The summed E-state index contributed by atoms with van der Waals surface area (Å²) in [6.07, 6.45) is 7.48. The van der Waals surface area contributed by atoms with E-state index in [1.54, 1.807) is 17.6 Å². The van der Waals surface area contributed by atoms with Crippen molar-refractivity contribution in [1.29, 1.82) is 0 Å². The zero-order valence-electron chi connectivity index (χ0n) is 12.8. The third-order valence-corrected chi connectivity index (χ3v) is 5.54. The minimum Gasteiger partial charge on any atom is -0.462 e. The van der Waals surface area contributed by atoms with Crippen LogP contribution < -0.4 is 0 Å². The molecule has 1 fully saturated rings. The Morgan fingerprint density at radius 1 is 1.35 bits per heavy atom. The van der Waals surface area contributed by atoms with Crippen LogP contribution in [0.1, 0.15) is 36.0 Å². The van der Waals surface area contributed by atoms with Crippen LogP contribution in [-0.4, -0.2) is 26.0 Å². The molecule has 1 saturated carbocycles. The van der Waals surface area contributed by atoms with Crippen LogP contribution in [0.2, 0.25) is 0 Å². The number of hydrogen-bond acceptors (Lipinski definition) is 5. The van der Waals surface area contributed by atoms with Crippen molar-refractivity contribution in [3.63, 3.8) is 0 Å². The van der Waals surface area contributed by atoms with Gasteiger partial charge in [0.05, 0.1) is 24.0 Å². The molecule has 0 amide bonds. The normalized spacial score (nSPS) is 18.3. The predicted octanol–water partition coefficient (Wildman–Crippen LogP) is 3.49. The molecule has 0 saturated heterocycles. The fourth-order valence-electron chi connectivity index (χ4n) is 3.31. The fraction of sp³-hybridized carbons (Fsp3) is 0.412. The van der Waals surface area contributed by atoms with E-state index >= 15 is 0 Å². The molecule has 2 aliphatic rings. The maximum Gasteiger partial charge on any atom is 0.162 e. The summed E-state index contributed by atoms with van der Waals surface area (Å²) in [5, 5.41) is 3.09. The number of thiazole rings is 1. The first kappa shape index (κ1) is 13.5. The number of imidazole rings is 1. The van der Waals surface area contributed by atoms with E-state index in [-0.39, 0.29) is 0 Å². The molecular weight excluding hydrogens is 308 g/mol. The van der Waals surface area contributed by atoms with Crippen molar-refractivity contribution in [3.05, 3.63) is 47.2 Å². The SMILES string of the molecule is c1coc(-c2nc(CN3CCc4c(ncn4C4CC4)C3)cs2)c1. The Bertz CT molecular complexity index is 816. The predicted molar refractivity (Wildman–Crippen MR) is 88.1 cm³/mol. The van der Waals surface area contributed by atoms with Gasteiger partial charge in [0.2, 0.25) is 0 Å². The average molecular weight is 326 g/mol. The van der Waals surface area contributed by atoms with E-state index in [4.69, 9.17) is 9.40 Å². The summed E-state index contributed by atoms with van der Waals surface area (Å²) < 4.78 is 7.83. The molecule has 118 valence electrons. The Labute approximate surface area is 138 Å². The van der Waals surface area contributed by atoms with Crippen LogP contribution in [0.5, 0.6) is 0 Å². The van der Waals surface area contributed by atoms with Gasteiger partial charge in [0.1, 0.15) is 0 Å². The molecule has 0 aromatic carbocycles. The lowest BCUT2D eigenvalue weighted by Crippen LogP contribution is -2.31. The molecule has 0 bridgehead atoms. The highest BCUT2D eigenvalue weighted by molar-refractivity contribution is 7.13. The maximum absolute atomic E-state index is 5.42. The van der Waals surface area contributed by atoms with E-state index in [9.17, 15) is 0 Å². The van der Waals surface area contributed by atoms with E-state index in [0.29, 0.717) is 0 Å². The van der Waals surface area contributed by atoms with E-state index in [0.717, 1.165) is 48.6 Å². The van der Waals surface area contributed by atoms with E-state index in [2.05, 4.69) is 19.8 Å². The number of rotatable bonds is 4. The molecule has 0 atom stereocenters. The Morgan fingerprint density at radius 3 is 3.13 bits per heavy atom. The summed E-state index contributed by atoms with van der Waals surface area (Å²) in [6.45, 7) is 2.90. The monoisotopic (exact) mass is 326 g/mol. The summed E-state index contributed by atoms with van der Waals surface area (Å²) in [7, 11) is 0. The van der Waals surface area contributed by atoms with Gasteiger partial charge in [-0.25, -0.2) is 9.97 Å². The second-order valence-electron chi connectivity index (χ2n) is 6.36. The van der Waals surface area contributed by atoms with Crippen molar-refractivity contribution >= 4 is 11.3 Å². The summed E-state index contributed by atoms with van der Waals surface area (Å²) in [4.78, 5) is 11.8. The zero-order valence-corrected chi connectivity index (χ0v) is 13.6. The fourth-order valence-corrected chi connectivity index (χ4v) is 4.09. The molecule has 3 aromatic rings. The molecule has 1 aliphatic carbocycles. The Hall–Kier alpha value is -1.92. The summed E-state index contributed by atoms with van der Waals surface area (Å²) in [6, 6.07) is 4.59. The first-order chi connectivity index (χ1) is 11.4. The Morgan fingerprint density at radius 2 is 2.30 bits per heavy atom. The molecule has 0 radical (unpaired) electrons. The first-order valence-electron chi connectivity index (χ1n) is 8.12. The maximum atomic E-state index is 5.42. The minimum atomic E-state index is 0.729. The van der Waals surface area contributed by atoms with Gasteiger partial charge in [-0.2, -0.15) is 0 Å². The largest absolute Gasteiger partial charge is 0.462 e. The molecule has 23 heavy (non-hydrogen) atoms. The van der Waals surface area contributed by atoms with E-state index in [1.165, 1.54) is 24.2 Å². The molecule has 4 heterocycles. The number of furan rings is 1. The van der Waals surface area contributed by atoms with Crippen LogP contribution in [-0.2, 0) is 19.5 Å². The molecule has 0 unspecified atom stereocenters. The zero-order chi connectivity index (χ0) is 15.2. The van der Waals surface area contributed by atoms with Gasteiger partial charge in [-0.15, -0.1) is 11.3 Å². The Balaban J connectivity index is 1.30. The molecule has 5 rings (SSSR count). The van der Waals surface area contributed by atoms with Crippen molar-refractivity contribution in [3.8, 4) is 10.8 Å². The lowest BCUT2D eigenvalue weighted by Gasteiger charge is -2.26. The summed E-state index contributed by atoms with van der Waals surface area (Å²) in [5.74, 6) is 0.852. The van der Waals surface area contributed by atoms with Gasteiger partial charge in [-0.1, -0.05) is 0 Å². The van der Waals surface area contributed by atoms with Crippen molar-refractivity contribution in [2.45, 2.75) is 38.4 Å². The lowest BCUT2D eigenvalue weighted by molar-refractivity contribution is 0.237. The number of hydrogen-bond donors (Lipinski definition) is 0. The van der Waals surface area contributed by atoms with Crippen molar-refractivity contribution in [2.75, 3.05) is 6.54 Å². The molecule has 0 spiro atoms. The van der Waals surface area contributed by atoms with Gasteiger partial charge in [-0.3, -0.25) is 4.90 Å². The van der Waals surface area contributed by atoms with Crippen molar-refractivity contribution in [2.24, 2.45) is 0 Å². The highest BCUT2D eigenvalue weighted by Crippen LogP contribution is 2.37. The van der Waals surface area contributed by atoms with Gasteiger partial charge in [0, 0.05) is 43.2 Å². The second kappa shape index (κ2) is 5.32. The summed E-state index contributed by atoms with van der Waals surface area (Å²) in [5.41, 5.74) is 3.83. The topological polar surface area (TPSA) is 47.1 Å². The van der Waals surface area contributed by atoms with Crippen LogP contribution in [0.4, 0.5) is 0 Å². The second-order valence-corrected chi connectivity index (χ2v) is 7.22. The third kappa shape index (κ3) is 2.52. The summed E-state index contributed by atoms with van der Waals surface area (Å²) >= 11 is 1.65. The van der Waals surface area contributed by atoms with Crippen molar-refractivity contribution < 1.29 is 4.42 Å². The molecule has 0 N–H and O–H groups in total. The Kier molecular flexibility index (Phi) is 3.12. The van der Waals surface area contributed by atoms with Gasteiger partial charge in [-0.05, 0) is 25.0 Å².